The fourth-order valence-corrected chi connectivity index (χ4v) is 2.50. The van der Waals surface area contributed by atoms with Gasteiger partial charge in [-0.1, -0.05) is 0 Å². The summed E-state index contributed by atoms with van der Waals surface area (Å²) >= 11 is 0. The Bertz CT molecular complexity index is 373. The van der Waals surface area contributed by atoms with Crippen LogP contribution in [0.4, 0.5) is 5.82 Å². The molecule has 2 fully saturated rings. The highest BCUT2D eigenvalue weighted by molar-refractivity contribution is 5.43. The Morgan fingerprint density at radius 1 is 1.31 bits per heavy atom. The van der Waals surface area contributed by atoms with Crippen molar-refractivity contribution < 1.29 is 0 Å². The van der Waals surface area contributed by atoms with Gasteiger partial charge in [0.1, 0.15) is 5.82 Å². The topological polar surface area (TPSA) is 42.1 Å². The summed E-state index contributed by atoms with van der Waals surface area (Å²) in [6, 6.07) is 4.74. The van der Waals surface area contributed by atoms with Crippen LogP contribution in [0.3, 0.4) is 0 Å². The number of nitrogens with zero attached hydrogens (tertiary/aromatic N) is 2. The van der Waals surface area contributed by atoms with Gasteiger partial charge in [0.15, 0.2) is 0 Å². The Labute approximate surface area is 96.7 Å². The molecule has 0 amide bonds. The van der Waals surface area contributed by atoms with Crippen LogP contribution >= 0.6 is 0 Å². The Balaban J connectivity index is 1.79. The van der Waals surface area contributed by atoms with Crippen molar-refractivity contribution in [3.8, 4) is 0 Å². The van der Waals surface area contributed by atoms with E-state index >= 15 is 0 Å². The monoisotopic (exact) mass is 217 g/mol. The summed E-state index contributed by atoms with van der Waals surface area (Å²) in [5, 5.41) is 0. The minimum absolute atomic E-state index is 0.320. The van der Waals surface area contributed by atoms with Gasteiger partial charge < -0.3 is 10.6 Å². The normalized spacial score (nSPS) is 25.8. The molecule has 86 valence electrons. The van der Waals surface area contributed by atoms with Crippen molar-refractivity contribution in [1.82, 2.24) is 4.98 Å². The van der Waals surface area contributed by atoms with E-state index in [2.05, 4.69) is 22.0 Å². The fraction of sp³-hybridized carbons (Fsp3) is 0.615. The van der Waals surface area contributed by atoms with Crippen LogP contribution in [0.25, 0.3) is 0 Å². The van der Waals surface area contributed by atoms with Gasteiger partial charge in [-0.3, -0.25) is 0 Å². The summed E-state index contributed by atoms with van der Waals surface area (Å²) in [6.45, 7) is 2.07. The highest BCUT2D eigenvalue weighted by Gasteiger charge is 2.25. The first-order valence-electron chi connectivity index (χ1n) is 6.29. The van der Waals surface area contributed by atoms with E-state index in [1.807, 2.05) is 6.20 Å². The van der Waals surface area contributed by atoms with Gasteiger partial charge in [0, 0.05) is 25.3 Å². The summed E-state index contributed by atoms with van der Waals surface area (Å²) in [6.07, 6.45) is 6.99. The smallest absolute Gasteiger partial charge is 0.128 e. The van der Waals surface area contributed by atoms with Crippen molar-refractivity contribution in [2.75, 3.05) is 18.0 Å². The van der Waals surface area contributed by atoms with E-state index < -0.39 is 0 Å². The van der Waals surface area contributed by atoms with Crippen LogP contribution < -0.4 is 10.6 Å². The highest BCUT2D eigenvalue weighted by Crippen LogP contribution is 2.40. The second-order valence-corrected chi connectivity index (χ2v) is 5.07. The third kappa shape index (κ3) is 2.05. The molecule has 2 N–H and O–H groups in total. The molecule has 3 nitrogen and oxygen atoms in total. The summed E-state index contributed by atoms with van der Waals surface area (Å²) in [5.74, 6) is 1.93. The average Bonchev–Trinajstić information content (AvgIpc) is 3.13. The lowest BCUT2D eigenvalue weighted by atomic mass is 10.1. The third-order valence-electron chi connectivity index (χ3n) is 3.60. The molecular weight excluding hydrogens is 198 g/mol. The van der Waals surface area contributed by atoms with E-state index in [9.17, 15) is 0 Å². The molecule has 1 saturated carbocycles. The number of aromatic nitrogens is 1. The molecule has 1 aromatic heterocycles. The molecule has 3 rings (SSSR count). The van der Waals surface area contributed by atoms with Crippen molar-refractivity contribution in [3.63, 3.8) is 0 Å². The van der Waals surface area contributed by atoms with Gasteiger partial charge in [-0.05, 0) is 49.3 Å². The van der Waals surface area contributed by atoms with Gasteiger partial charge in [-0.2, -0.15) is 0 Å². The van der Waals surface area contributed by atoms with Crippen LogP contribution in [0.1, 0.15) is 37.2 Å². The van der Waals surface area contributed by atoms with Gasteiger partial charge >= 0.3 is 0 Å². The SMILES string of the molecule is NC1CCCN(c2cc(C3CC3)ccn2)C1. The van der Waals surface area contributed by atoms with E-state index in [4.69, 9.17) is 5.73 Å². The Kier molecular flexibility index (Phi) is 2.56. The second kappa shape index (κ2) is 4.06. The van der Waals surface area contributed by atoms with E-state index in [-0.39, 0.29) is 0 Å². The lowest BCUT2D eigenvalue weighted by molar-refractivity contribution is 0.503. The van der Waals surface area contributed by atoms with Gasteiger partial charge in [0.25, 0.3) is 0 Å². The van der Waals surface area contributed by atoms with E-state index in [0.29, 0.717) is 6.04 Å². The van der Waals surface area contributed by atoms with E-state index in [1.54, 1.807) is 0 Å². The minimum atomic E-state index is 0.320. The van der Waals surface area contributed by atoms with Crippen LogP contribution in [0, 0.1) is 0 Å². The summed E-state index contributed by atoms with van der Waals surface area (Å²) < 4.78 is 0. The van der Waals surface area contributed by atoms with Crippen molar-refractivity contribution in [2.24, 2.45) is 5.73 Å². The predicted octanol–water partition coefficient (Wildman–Crippen LogP) is 1.89. The Hall–Kier alpha value is -1.09. The van der Waals surface area contributed by atoms with Gasteiger partial charge in [-0.15, -0.1) is 0 Å². The van der Waals surface area contributed by atoms with Crippen molar-refractivity contribution in [3.05, 3.63) is 23.9 Å². The number of piperidine rings is 1. The zero-order valence-corrected chi connectivity index (χ0v) is 9.60. The van der Waals surface area contributed by atoms with E-state index in [1.165, 1.54) is 24.8 Å². The Morgan fingerprint density at radius 3 is 2.94 bits per heavy atom. The first kappa shape index (κ1) is 10.1. The quantitative estimate of drug-likeness (QED) is 0.822. The predicted molar refractivity (Wildman–Crippen MR) is 65.6 cm³/mol. The molecule has 0 radical (unpaired) electrons. The largest absolute Gasteiger partial charge is 0.355 e. The van der Waals surface area contributed by atoms with Crippen LogP contribution in [-0.4, -0.2) is 24.1 Å². The third-order valence-corrected chi connectivity index (χ3v) is 3.60. The number of pyridine rings is 1. The number of anilines is 1. The zero-order valence-electron chi connectivity index (χ0n) is 9.60. The molecule has 0 aromatic carbocycles. The standard InChI is InChI=1S/C13H19N3/c14-12-2-1-7-16(9-12)13-8-11(5-6-15-13)10-3-4-10/h5-6,8,10,12H,1-4,7,9,14H2. The zero-order chi connectivity index (χ0) is 11.0. The molecule has 1 aliphatic carbocycles. The van der Waals surface area contributed by atoms with Crippen LogP contribution in [0.5, 0.6) is 0 Å². The summed E-state index contributed by atoms with van der Waals surface area (Å²) in [7, 11) is 0. The molecule has 2 heterocycles. The molecular formula is C13H19N3. The molecule has 16 heavy (non-hydrogen) atoms. The number of rotatable bonds is 2. The summed E-state index contributed by atoms with van der Waals surface area (Å²) in [4.78, 5) is 6.81. The van der Waals surface area contributed by atoms with Crippen molar-refractivity contribution >= 4 is 5.82 Å². The van der Waals surface area contributed by atoms with E-state index in [0.717, 1.165) is 31.2 Å². The van der Waals surface area contributed by atoms with Crippen LogP contribution in [-0.2, 0) is 0 Å². The first-order chi connectivity index (χ1) is 7.83. The van der Waals surface area contributed by atoms with Crippen molar-refractivity contribution in [2.45, 2.75) is 37.6 Å². The maximum absolute atomic E-state index is 6.00. The number of hydrogen-bond donors (Lipinski definition) is 1. The molecule has 1 aromatic rings. The van der Waals surface area contributed by atoms with Gasteiger partial charge in [-0.25, -0.2) is 4.98 Å². The van der Waals surface area contributed by atoms with Crippen LogP contribution in [0.2, 0.25) is 0 Å². The maximum Gasteiger partial charge on any atom is 0.128 e. The lowest BCUT2D eigenvalue weighted by Gasteiger charge is -2.31. The fourth-order valence-electron chi connectivity index (χ4n) is 2.50. The highest BCUT2D eigenvalue weighted by atomic mass is 15.2. The molecule has 1 aliphatic heterocycles. The molecule has 3 heteroatoms. The Morgan fingerprint density at radius 2 is 2.19 bits per heavy atom. The molecule has 0 bridgehead atoms. The maximum atomic E-state index is 6.00. The first-order valence-corrected chi connectivity index (χ1v) is 6.29. The van der Waals surface area contributed by atoms with Crippen molar-refractivity contribution in [1.29, 1.82) is 0 Å². The lowest BCUT2D eigenvalue weighted by Crippen LogP contribution is -2.43. The van der Waals surface area contributed by atoms with Gasteiger partial charge in [0.05, 0.1) is 0 Å². The number of hydrogen-bond acceptors (Lipinski definition) is 3. The summed E-state index contributed by atoms with van der Waals surface area (Å²) in [5.41, 5.74) is 7.47. The molecule has 1 saturated heterocycles. The van der Waals surface area contributed by atoms with Gasteiger partial charge in [0.2, 0.25) is 0 Å². The van der Waals surface area contributed by atoms with Crippen LogP contribution in [0.15, 0.2) is 18.3 Å². The minimum Gasteiger partial charge on any atom is -0.355 e. The molecule has 0 spiro atoms. The number of nitrogens with two attached hydrogens (primary N) is 1. The molecule has 2 aliphatic rings. The molecule has 1 unspecified atom stereocenters. The average molecular weight is 217 g/mol. The molecule has 1 atom stereocenters. The second-order valence-electron chi connectivity index (χ2n) is 5.07.